The van der Waals surface area contributed by atoms with Crippen molar-refractivity contribution in [1.29, 1.82) is 0 Å². The fraction of sp³-hybridized carbons (Fsp3) is 0.107. The molecule has 0 unspecified atom stereocenters. The van der Waals surface area contributed by atoms with Gasteiger partial charge in [-0.2, -0.15) is 5.10 Å². The molecule has 1 aliphatic heterocycles. The number of hydrazone groups is 1. The molecule has 4 aromatic rings. The second-order valence-corrected chi connectivity index (χ2v) is 7.69. The molecule has 5 rings (SSSR count). The van der Waals surface area contributed by atoms with E-state index in [1.54, 1.807) is 7.11 Å². The fourth-order valence-electron chi connectivity index (χ4n) is 4.39. The van der Waals surface area contributed by atoms with Crippen molar-refractivity contribution in [2.75, 3.05) is 12.1 Å². The third-order valence-corrected chi connectivity index (χ3v) is 5.93. The lowest BCUT2D eigenvalue weighted by atomic mass is 9.78. The number of ether oxygens (including phenoxy) is 1. The van der Waals surface area contributed by atoms with Gasteiger partial charge in [0.15, 0.2) is 0 Å². The lowest BCUT2D eigenvalue weighted by molar-refractivity contribution is 0.415. The van der Waals surface area contributed by atoms with Gasteiger partial charge in [-0.1, -0.05) is 78.9 Å². The van der Waals surface area contributed by atoms with Crippen LogP contribution in [0.15, 0.2) is 120 Å². The summed E-state index contributed by atoms with van der Waals surface area (Å²) in [5.41, 5.74) is 5.24. The number of benzene rings is 4. The van der Waals surface area contributed by atoms with Gasteiger partial charge in [-0.05, 0) is 53.1 Å². The summed E-state index contributed by atoms with van der Waals surface area (Å²) in [7, 11) is 1.69. The van der Waals surface area contributed by atoms with Gasteiger partial charge in [0, 0.05) is 6.42 Å². The lowest BCUT2D eigenvalue weighted by Crippen LogP contribution is -2.41. The number of nitrogens with zero attached hydrogens (tertiary/aromatic N) is 2. The minimum absolute atomic E-state index is 0.431. The summed E-state index contributed by atoms with van der Waals surface area (Å²) < 4.78 is 5.35. The molecule has 152 valence electrons. The predicted molar refractivity (Wildman–Crippen MR) is 127 cm³/mol. The van der Waals surface area contributed by atoms with Gasteiger partial charge in [0.2, 0.25) is 0 Å². The maximum atomic E-state index is 5.35. The highest BCUT2D eigenvalue weighted by Gasteiger charge is 2.46. The molecule has 4 aromatic carbocycles. The van der Waals surface area contributed by atoms with E-state index in [4.69, 9.17) is 9.84 Å². The Balaban J connectivity index is 1.72. The summed E-state index contributed by atoms with van der Waals surface area (Å²) in [5, 5.41) is 7.39. The zero-order valence-corrected chi connectivity index (χ0v) is 17.5. The molecule has 0 saturated heterocycles. The molecule has 0 radical (unpaired) electrons. The SMILES string of the molecule is COc1ccc(C2=NN(c3ccccc3)C(c3ccccc3)(c3ccccc3)C2)cc1. The summed E-state index contributed by atoms with van der Waals surface area (Å²) in [6, 6.07) is 40.0. The maximum absolute atomic E-state index is 5.35. The Bertz CT molecular complexity index is 1130. The Morgan fingerprint density at radius 2 is 1.19 bits per heavy atom. The van der Waals surface area contributed by atoms with Crippen LogP contribution in [0.2, 0.25) is 0 Å². The van der Waals surface area contributed by atoms with E-state index in [0.717, 1.165) is 29.1 Å². The van der Waals surface area contributed by atoms with Crippen LogP contribution in [-0.4, -0.2) is 12.8 Å². The first-order valence-electron chi connectivity index (χ1n) is 10.5. The highest BCUT2D eigenvalue weighted by Crippen LogP contribution is 2.46. The molecule has 1 aliphatic rings. The van der Waals surface area contributed by atoms with Crippen LogP contribution in [0.3, 0.4) is 0 Å². The second-order valence-electron chi connectivity index (χ2n) is 7.69. The Morgan fingerprint density at radius 3 is 1.71 bits per heavy atom. The average Bonchev–Trinajstić information content (AvgIpc) is 3.28. The van der Waals surface area contributed by atoms with Crippen molar-refractivity contribution in [2.24, 2.45) is 5.10 Å². The Morgan fingerprint density at radius 1 is 0.677 bits per heavy atom. The summed E-state index contributed by atoms with van der Waals surface area (Å²) in [5.74, 6) is 0.847. The first-order chi connectivity index (χ1) is 15.3. The van der Waals surface area contributed by atoms with E-state index in [9.17, 15) is 0 Å². The zero-order chi connectivity index (χ0) is 21.1. The molecular formula is C28H24N2O. The third kappa shape index (κ3) is 3.38. The molecule has 0 fully saturated rings. The van der Waals surface area contributed by atoms with E-state index in [1.165, 1.54) is 11.1 Å². The van der Waals surface area contributed by atoms with E-state index in [2.05, 4.69) is 102 Å². The van der Waals surface area contributed by atoms with Crippen molar-refractivity contribution in [3.63, 3.8) is 0 Å². The van der Waals surface area contributed by atoms with Gasteiger partial charge in [0.05, 0.1) is 18.5 Å². The minimum Gasteiger partial charge on any atom is -0.497 e. The van der Waals surface area contributed by atoms with Crippen molar-refractivity contribution < 1.29 is 4.74 Å². The summed E-state index contributed by atoms with van der Waals surface area (Å²) in [6.07, 6.45) is 0.766. The van der Waals surface area contributed by atoms with Gasteiger partial charge in [0.1, 0.15) is 11.3 Å². The number of methoxy groups -OCH3 is 1. The topological polar surface area (TPSA) is 24.8 Å². The van der Waals surface area contributed by atoms with E-state index in [0.29, 0.717) is 0 Å². The second kappa shape index (κ2) is 8.11. The monoisotopic (exact) mass is 404 g/mol. The van der Waals surface area contributed by atoms with Crippen molar-refractivity contribution in [3.05, 3.63) is 132 Å². The molecule has 0 bridgehead atoms. The molecule has 0 aromatic heterocycles. The molecule has 0 amide bonds. The van der Waals surface area contributed by atoms with Crippen molar-refractivity contribution in [1.82, 2.24) is 0 Å². The first kappa shape index (κ1) is 19.1. The highest BCUT2D eigenvalue weighted by molar-refractivity contribution is 6.04. The number of anilines is 1. The van der Waals surface area contributed by atoms with Crippen LogP contribution < -0.4 is 9.75 Å². The zero-order valence-electron chi connectivity index (χ0n) is 17.5. The van der Waals surface area contributed by atoms with E-state index < -0.39 is 5.54 Å². The van der Waals surface area contributed by atoms with E-state index in [-0.39, 0.29) is 0 Å². The summed E-state index contributed by atoms with van der Waals surface area (Å²) in [6.45, 7) is 0. The molecule has 3 nitrogen and oxygen atoms in total. The minimum atomic E-state index is -0.431. The van der Waals surface area contributed by atoms with Gasteiger partial charge in [-0.15, -0.1) is 0 Å². The van der Waals surface area contributed by atoms with Crippen LogP contribution in [0, 0.1) is 0 Å². The molecule has 0 atom stereocenters. The van der Waals surface area contributed by atoms with Crippen LogP contribution >= 0.6 is 0 Å². The Hall–Kier alpha value is -3.85. The highest BCUT2D eigenvalue weighted by atomic mass is 16.5. The quantitative estimate of drug-likeness (QED) is 0.392. The van der Waals surface area contributed by atoms with Crippen molar-refractivity contribution in [3.8, 4) is 5.75 Å². The largest absolute Gasteiger partial charge is 0.497 e. The molecule has 0 N–H and O–H groups in total. The van der Waals surface area contributed by atoms with Crippen molar-refractivity contribution >= 4 is 11.4 Å². The number of rotatable bonds is 5. The molecule has 0 saturated carbocycles. The third-order valence-electron chi connectivity index (χ3n) is 5.93. The molecule has 31 heavy (non-hydrogen) atoms. The van der Waals surface area contributed by atoms with E-state index >= 15 is 0 Å². The van der Waals surface area contributed by atoms with Gasteiger partial charge in [0.25, 0.3) is 0 Å². The van der Waals surface area contributed by atoms with Crippen molar-refractivity contribution in [2.45, 2.75) is 12.0 Å². The van der Waals surface area contributed by atoms with Gasteiger partial charge < -0.3 is 4.74 Å². The van der Waals surface area contributed by atoms with Crippen LogP contribution in [-0.2, 0) is 5.54 Å². The van der Waals surface area contributed by atoms with Crippen LogP contribution in [0.4, 0.5) is 5.69 Å². The first-order valence-corrected chi connectivity index (χ1v) is 10.5. The number of hydrogen-bond acceptors (Lipinski definition) is 3. The number of hydrogen-bond donors (Lipinski definition) is 0. The van der Waals surface area contributed by atoms with Crippen LogP contribution in [0.25, 0.3) is 0 Å². The van der Waals surface area contributed by atoms with Gasteiger partial charge >= 0.3 is 0 Å². The maximum Gasteiger partial charge on any atom is 0.119 e. The smallest absolute Gasteiger partial charge is 0.119 e. The van der Waals surface area contributed by atoms with E-state index in [1.807, 2.05) is 18.2 Å². The normalized spacial score (nSPS) is 14.9. The molecule has 1 heterocycles. The predicted octanol–water partition coefficient (Wildman–Crippen LogP) is 6.25. The Kier molecular flexibility index (Phi) is 5.01. The number of para-hydroxylation sites is 1. The van der Waals surface area contributed by atoms with Gasteiger partial charge in [-0.25, -0.2) is 5.01 Å². The van der Waals surface area contributed by atoms with Gasteiger partial charge in [-0.3, -0.25) is 0 Å². The average molecular weight is 405 g/mol. The molecule has 0 spiro atoms. The Labute approximate surface area is 183 Å². The lowest BCUT2D eigenvalue weighted by Gasteiger charge is -2.39. The molecular weight excluding hydrogens is 380 g/mol. The van der Waals surface area contributed by atoms with Crippen LogP contribution in [0.1, 0.15) is 23.1 Å². The summed E-state index contributed by atoms with van der Waals surface area (Å²) in [4.78, 5) is 0. The molecule has 3 heteroatoms. The fourth-order valence-corrected chi connectivity index (χ4v) is 4.39. The summed E-state index contributed by atoms with van der Waals surface area (Å²) >= 11 is 0. The standard InChI is InChI=1S/C28H24N2O/c1-31-26-19-17-22(18-20-26)27-21-28(23-11-5-2-6-12-23,24-13-7-3-8-14-24)30(29-27)25-15-9-4-10-16-25/h2-20H,21H2,1H3. The van der Waals surface area contributed by atoms with Crippen LogP contribution in [0.5, 0.6) is 5.75 Å². The molecule has 0 aliphatic carbocycles.